The monoisotopic (exact) mass is 212 g/mol. The van der Waals surface area contributed by atoms with E-state index in [0.717, 1.165) is 12.0 Å². The Hall–Kier alpha value is -0.0800. The Morgan fingerprint density at radius 1 is 1.33 bits per heavy atom. The number of hydrogen-bond donors (Lipinski definition) is 1. The quantitative estimate of drug-likeness (QED) is 0.665. The molecule has 0 spiro atoms. The van der Waals surface area contributed by atoms with Crippen molar-refractivity contribution in [2.75, 3.05) is 20.1 Å². The maximum absolute atomic E-state index is 3.58. The molecule has 0 bridgehead atoms. The van der Waals surface area contributed by atoms with Crippen LogP contribution in [0.5, 0.6) is 0 Å². The molecule has 2 heteroatoms. The van der Waals surface area contributed by atoms with Crippen LogP contribution in [0.25, 0.3) is 0 Å². The zero-order valence-corrected chi connectivity index (χ0v) is 10.9. The Morgan fingerprint density at radius 2 is 2.00 bits per heavy atom. The molecule has 1 fully saturated rings. The first-order valence-electron chi connectivity index (χ1n) is 6.57. The van der Waals surface area contributed by atoms with Crippen LogP contribution >= 0.6 is 0 Å². The highest BCUT2D eigenvalue weighted by molar-refractivity contribution is 4.81. The molecule has 1 rings (SSSR count). The number of rotatable bonds is 8. The standard InChI is InChI=1S/C13H28N2/c1-5-11(2)10-15(4)12(3)8-9-14-13-6-7-13/h11-14H,5-10H2,1-4H3. The summed E-state index contributed by atoms with van der Waals surface area (Å²) in [4.78, 5) is 2.50. The van der Waals surface area contributed by atoms with E-state index in [1.54, 1.807) is 0 Å². The van der Waals surface area contributed by atoms with Gasteiger partial charge in [0.15, 0.2) is 0 Å². The first-order chi connectivity index (χ1) is 7.13. The van der Waals surface area contributed by atoms with Crippen LogP contribution in [0.15, 0.2) is 0 Å². The largest absolute Gasteiger partial charge is 0.314 e. The van der Waals surface area contributed by atoms with E-state index >= 15 is 0 Å². The molecule has 90 valence electrons. The topological polar surface area (TPSA) is 15.3 Å². The van der Waals surface area contributed by atoms with Gasteiger partial charge in [-0.3, -0.25) is 0 Å². The van der Waals surface area contributed by atoms with Crippen LogP contribution in [-0.4, -0.2) is 37.1 Å². The highest BCUT2D eigenvalue weighted by Gasteiger charge is 2.20. The molecule has 15 heavy (non-hydrogen) atoms. The summed E-state index contributed by atoms with van der Waals surface area (Å²) in [7, 11) is 2.26. The van der Waals surface area contributed by atoms with Crippen molar-refractivity contribution in [3.05, 3.63) is 0 Å². The molecule has 2 atom stereocenters. The molecule has 0 radical (unpaired) electrons. The summed E-state index contributed by atoms with van der Waals surface area (Å²) in [5.74, 6) is 0.828. The molecule has 1 aliphatic carbocycles. The summed E-state index contributed by atoms with van der Waals surface area (Å²) in [5.41, 5.74) is 0. The summed E-state index contributed by atoms with van der Waals surface area (Å²) in [5, 5.41) is 3.58. The lowest BCUT2D eigenvalue weighted by Crippen LogP contribution is -2.35. The van der Waals surface area contributed by atoms with Gasteiger partial charge < -0.3 is 10.2 Å². The second kappa shape index (κ2) is 6.49. The van der Waals surface area contributed by atoms with Crippen LogP contribution in [0.2, 0.25) is 0 Å². The van der Waals surface area contributed by atoms with E-state index in [-0.39, 0.29) is 0 Å². The van der Waals surface area contributed by atoms with Gasteiger partial charge in [-0.05, 0) is 45.7 Å². The number of nitrogens with zero attached hydrogens (tertiary/aromatic N) is 1. The molecule has 0 heterocycles. The van der Waals surface area contributed by atoms with Crippen molar-refractivity contribution in [2.45, 2.75) is 58.5 Å². The molecule has 1 N–H and O–H groups in total. The van der Waals surface area contributed by atoms with Gasteiger partial charge in [-0.2, -0.15) is 0 Å². The third kappa shape index (κ3) is 5.53. The van der Waals surface area contributed by atoms with E-state index in [1.165, 1.54) is 38.8 Å². The number of hydrogen-bond acceptors (Lipinski definition) is 2. The SMILES string of the molecule is CCC(C)CN(C)C(C)CCNC1CC1. The van der Waals surface area contributed by atoms with Gasteiger partial charge in [-0.1, -0.05) is 20.3 Å². The van der Waals surface area contributed by atoms with Crippen LogP contribution in [0.3, 0.4) is 0 Å². The minimum atomic E-state index is 0.713. The first kappa shape index (κ1) is 13.0. The van der Waals surface area contributed by atoms with Gasteiger partial charge >= 0.3 is 0 Å². The molecule has 0 saturated heterocycles. The van der Waals surface area contributed by atoms with Crippen molar-refractivity contribution in [1.82, 2.24) is 10.2 Å². The minimum absolute atomic E-state index is 0.713. The zero-order valence-electron chi connectivity index (χ0n) is 10.9. The summed E-state index contributed by atoms with van der Waals surface area (Å²) < 4.78 is 0. The van der Waals surface area contributed by atoms with Crippen molar-refractivity contribution in [2.24, 2.45) is 5.92 Å². The lowest BCUT2D eigenvalue weighted by atomic mass is 10.1. The minimum Gasteiger partial charge on any atom is -0.314 e. The molecule has 0 aliphatic heterocycles. The van der Waals surface area contributed by atoms with Crippen LogP contribution in [0.1, 0.15) is 46.5 Å². The molecular weight excluding hydrogens is 184 g/mol. The van der Waals surface area contributed by atoms with Gasteiger partial charge in [0.2, 0.25) is 0 Å². The van der Waals surface area contributed by atoms with Gasteiger partial charge in [0.25, 0.3) is 0 Å². The molecule has 0 aromatic carbocycles. The van der Waals surface area contributed by atoms with Crippen molar-refractivity contribution in [3.8, 4) is 0 Å². The lowest BCUT2D eigenvalue weighted by Gasteiger charge is -2.27. The second-order valence-electron chi connectivity index (χ2n) is 5.32. The van der Waals surface area contributed by atoms with Crippen LogP contribution in [0, 0.1) is 5.92 Å². The highest BCUT2D eigenvalue weighted by atomic mass is 15.1. The smallest absolute Gasteiger partial charge is 0.00760 e. The summed E-state index contributed by atoms with van der Waals surface area (Å²) in [6.07, 6.45) is 5.37. The van der Waals surface area contributed by atoms with E-state index in [2.05, 4.69) is 38.0 Å². The Labute approximate surface area is 95.4 Å². The second-order valence-corrected chi connectivity index (χ2v) is 5.32. The van der Waals surface area contributed by atoms with Gasteiger partial charge in [-0.15, -0.1) is 0 Å². The van der Waals surface area contributed by atoms with E-state index in [9.17, 15) is 0 Å². The fraction of sp³-hybridized carbons (Fsp3) is 1.00. The fourth-order valence-electron chi connectivity index (χ4n) is 1.80. The molecule has 0 amide bonds. The zero-order chi connectivity index (χ0) is 11.3. The Morgan fingerprint density at radius 3 is 2.53 bits per heavy atom. The predicted octanol–water partition coefficient (Wildman–Crippen LogP) is 2.49. The third-order valence-corrected chi connectivity index (χ3v) is 3.62. The maximum Gasteiger partial charge on any atom is 0.00760 e. The summed E-state index contributed by atoms with van der Waals surface area (Å²) in [6, 6.07) is 1.57. The normalized spacial score (nSPS) is 20.6. The molecule has 2 nitrogen and oxygen atoms in total. The Kier molecular flexibility index (Phi) is 5.62. The number of nitrogens with one attached hydrogen (secondary N) is 1. The van der Waals surface area contributed by atoms with Crippen molar-refractivity contribution < 1.29 is 0 Å². The average Bonchev–Trinajstić information content (AvgIpc) is 3.01. The first-order valence-corrected chi connectivity index (χ1v) is 6.57. The molecule has 1 saturated carbocycles. The summed E-state index contributed by atoms with van der Waals surface area (Å²) >= 11 is 0. The molecule has 2 unspecified atom stereocenters. The predicted molar refractivity (Wildman–Crippen MR) is 67.2 cm³/mol. The highest BCUT2D eigenvalue weighted by Crippen LogP contribution is 2.18. The van der Waals surface area contributed by atoms with Crippen LogP contribution in [0.4, 0.5) is 0 Å². The van der Waals surface area contributed by atoms with Gasteiger partial charge in [0, 0.05) is 18.6 Å². The molecule has 0 aromatic rings. The van der Waals surface area contributed by atoms with Gasteiger partial charge in [0.1, 0.15) is 0 Å². The van der Waals surface area contributed by atoms with E-state index in [4.69, 9.17) is 0 Å². The Balaban J connectivity index is 2.05. The molecule has 1 aliphatic rings. The lowest BCUT2D eigenvalue weighted by molar-refractivity contribution is 0.212. The van der Waals surface area contributed by atoms with Crippen molar-refractivity contribution in [1.29, 1.82) is 0 Å². The Bertz CT molecular complexity index is 166. The van der Waals surface area contributed by atoms with Gasteiger partial charge in [0.05, 0.1) is 0 Å². The van der Waals surface area contributed by atoms with Gasteiger partial charge in [-0.25, -0.2) is 0 Å². The average molecular weight is 212 g/mol. The van der Waals surface area contributed by atoms with Crippen molar-refractivity contribution in [3.63, 3.8) is 0 Å². The van der Waals surface area contributed by atoms with E-state index in [1.807, 2.05) is 0 Å². The molecular formula is C13H28N2. The van der Waals surface area contributed by atoms with Crippen molar-refractivity contribution >= 4 is 0 Å². The maximum atomic E-state index is 3.58. The third-order valence-electron chi connectivity index (χ3n) is 3.62. The fourth-order valence-corrected chi connectivity index (χ4v) is 1.80. The molecule has 0 aromatic heterocycles. The van der Waals surface area contributed by atoms with Crippen LogP contribution < -0.4 is 5.32 Å². The summed E-state index contributed by atoms with van der Waals surface area (Å²) in [6.45, 7) is 9.39. The van der Waals surface area contributed by atoms with Crippen LogP contribution in [-0.2, 0) is 0 Å². The van der Waals surface area contributed by atoms with E-state index < -0.39 is 0 Å². The van der Waals surface area contributed by atoms with E-state index in [0.29, 0.717) is 6.04 Å².